The number of rotatable bonds is 4. The van der Waals surface area contributed by atoms with Crippen molar-refractivity contribution < 1.29 is 19.1 Å². The molecule has 1 aliphatic heterocycles. The van der Waals surface area contributed by atoms with Crippen LogP contribution in [0.4, 0.5) is 5.69 Å². The van der Waals surface area contributed by atoms with Crippen molar-refractivity contribution in [2.75, 3.05) is 19.2 Å². The number of hydrogen-bond acceptors (Lipinski definition) is 4. The van der Waals surface area contributed by atoms with Crippen LogP contribution < -0.4 is 19.9 Å². The number of amides is 2. The van der Waals surface area contributed by atoms with Gasteiger partial charge in [0.05, 0.1) is 30.0 Å². The average Bonchev–Trinajstić information content (AvgIpc) is 2.93. The monoisotopic (exact) mass is 470 g/mol. The van der Waals surface area contributed by atoms with Crippen molar-refractivity contribution in [3.05, 3.63) is 56.0 Å². The van der Waals surface area contributed by atoms with Gasteiger partial charge >= 0.3 is 0 Å². The molecule has 2 aromatic carbocycles. The zero-order valence-corrected chi connectivity index (χ0v) is 17.3. The Kier molecular flexibility index (Phi) is 5.64. The largest absolute Gasteiger partial charge is 0.493 e. The predicted molar refractivity (Wildman–Crippen MR) is 107 cm³/mol. The van der Waals surface area contributed by atoms with E-state index in [1.165, 1.54) is 26.4 Å². The molecule has 0 atom stereocenters. The Bertz CT molecular complexity index is 978. The zero-order chi connectivity index (χ0) is 19.7. The van der Waals surface area contributed by atoms with E-state index in [-0.39, 0.29) is 10.6 Å². The van der Waals surface area contributed by atoms with Gasteiger partial charge in [-0.1, -0.05) is 39.1 Å². The molecule has 6 nitrogen and oxygen atoms in total. The molecule has 1 N–H and O–H groups in total. The summed E-state index contributed by atoms with van der Waals surface area (Å²) in [5, 5.41) is 1.74. The summed E-state index contributed by atoms with van der Waals surface area (Å²) >= 11 is 15.3. The van der Waals surface area contributed by atoms with Crippen LogP contribution in [0.2, 0.25) is 10.0 Å². The Morgan fingerprint density at radius 2 is 1.70 bits per heavy atom. The second kappa shape index (κ2) is 7.80. The highest BCUT2D eigenvalue weighted by Crippen LogP contribution is 2.35. The quantitative estimate of drug-likeness (QED) is 0.535. The van der Waals surface area contributed by atoms with Crippen molar-refractivity contribution in [2.45, 2.75) is 0 Å². The lowest BCUT2D eigenvalue weighted by atomic mass is 10.1. The van der Waals surface area contributed by atoms with Crippen LogP contribution in [0.15, 0.2) is 40.4 Å². The van der Waals surface area contributed by atoms with Crippen LogP contribution in [0, 0.1) is 0 Å². The molecule has 0 spiro atoms. The van der Waals surface area contributed by atoms with Crippen LogP contribution >= 0.6 is 39.1 Å². The molecule has 0 unspecified atom stereocenters. The minimum atomic E-state index is -0.534. The number of anilines is 1. The van der Waals surface area contributed by atoms with Crippen LogP contribution in [0.25, 0.3) is 6.08 Å². The van der Waals surface area contributed by atoms with Crippen LogP contribution in [-0.2, 0) is 9.59 Å². The third-order valence-electron chi connectivity index (χ3n) is 3.86. The van der Waals surface area contributed by atoms with Crippen LogP contribution in [0.1, 0.15) is 5.56 Å². The van der Waals surface area contributed by atoms with E-state index in [9.17, 15) is 9.59 Å². The molecule has 27 heavy (non-hydrogen) atoms. The molecule has 9 heteroatoms. The number of benzene rings is 2. The third kappa shape index (κ3) is 3.76. The first-order valence-electron chi connectivity index (χ1n) is 7.59. The van der Waals surface area contributed by atoms with Crippen LogP contribution in [-0.4, -0.2) is 26.0 Å². The molecule has 2 aromatic rings. The first kappa shape index (κ1) is 19.5. The molecule has 0 radical (unpaired) electrons. The maximum Gasteiger partial charge on any atom is 0.282 e. The van der Waals surface area contributed by atoms with Crippen molar-refractivity contribution in [3.8, 4) is 11.5 Å². The van der Waals surface area contributed by atoms with Crippen molar-refractivity contribution in [1.82, 2.24) is 5.43 Å². The van der Waals surface area contributed by atoms with Gasteiger partial charge in [0.2, 0.25) is 0 Å². The smallest absolute Gasteiger partial charge is 0.282 e. The number of carbonyl (C=O) groups excluding carboxylic acids is 2. The highest BCUT2D eigenvalue weighted by Gasteiger charge is 2.34. The van der Waals surface area contributed by atoms with Crippen LogP contribution in [0.3, 0.4) is 0 Å². The van der Waals surface area contributed by atoms with Gasteiger partial charge in [-0.25, -0.2) is 5.01 Å². The second-order valence-electron chi connectivity index (χ2n) is 5.47. The summed E-state index contributed by atoms with van der Waals surface area (Å²) in [5.74, 6) is -0.0567. The molecule has 3 rings (SSSR count). The van der Waals surface area contributed by atoms with Crippen molar-refractivity contribution in [3.63, 3.8) is 0 Å². The molecule has 1 saturated heterocycles. The van der Waals surface area contributed by atoms with Gasteiger partial charge in [-0.15, -0.1) is 0 Å². The molecule has 1 heterocycles. The fourth-order valence-electron chi connectivity index (χ4n) is 2.50. The van der Waals surface area contributed by atoms with Gasteiger partial charge in [0.25, 0.3) is 11.8 Å². The number of ether oxygens (including phenoxy) is 2. The summed E-state index contributed by atoms with van der Waals surface area (Å²) < 4.78 is 11.1. The van der Waals surface area contributed by atoms with E-state index in [1.54, 1.807) is 24.3 Å². The van der Waals surface area contributed by atoms with E-state index >= 15 is 0 Å². The van der Waals surface area contributed by atoms with Gasteiger partial charge < -0.3 is 9.47 Å². The Morgan fingerprint density at radius 3 is 2.33 bits per heavy atom. The van der Waals surface area contributed by atoms with E-state index in [0.717, 1.165) is 5.01 Å². The molecule has 140 valence electrons. The summed E-state index contributed by atoms with van der Waals surface area (Å²) in [7, 11) is 3.02. The van der Waals surface area contributed by atoms with E-state index in [4.69, 9.17) is 32.7 Å². The number of hydrogen-bond donors (Lipinski definition) is 1. The SMILES string of the molecule is COc1cc(Br)c(/C=C2/C(=O)NN(c3ccc(Cl)c(Cl)c3)C2=O)cc1OC. The van der Waals surface area contributed by atoms with Gasteiger partial charge in [0.15, 0.2) is 11.5 Å². The standard InChI is InChI=1S/C18H13BrCl2N2O4/c1-26-15-6-9(12(19)8-16(15)27-2)5-11-17(24)22-23(18(11)25)10-3-4-13(20)14(21)7-10/h3-8H,1-2H3,(H,22,24)/b11-5-. The Labute approximate surface area is 173 Å². The summed E-state index contributed by atoms with van der Waals surface area (Å²) in [6.45, 7) is 0. The lowest BCUT2D eigenvalue weighted by Crippen LogP contribution is -2.35. The maximum absolute atomic E-state index is 12.7. The first-order chi connectivity index (χ1) is 12.8. The number of nitrogens with one attached hydrogen (secondary N) is 1. The van der Waals surface area contributed by atoms with E-state index in [0.29, 0.717) is 32.2 Å². The zero-order valence-electron chi connectivity index (χ0n) is 14.2. The Balaban J connectivity index is 1.99. The number of methoxy groups -OCH3 is 2. The van der Waals surface area contributed by atoms with E-state index in [1.807, 2.05) is 0 Å². The fraction of sp³-hybridized carbons (Fsp3) is 0.111. The van der Waals surface area contributed by atoms with Crippen molar-refractivity contribution >= 4 is 62.7 Å². The predicted octanol–water partition coefficient (Wildman–Crippen LogP) is 4.23. The van der Waals surface area contributed by atoms with Crippen molar-refractivity contribution in [1.29, 1.82) is 0 Å². The molecular formula is C18H13BrCl2N2O4. The minimum absolute atomic E-state index is 0.0333. The normalized spacial score (nSPS) is 15.3. The molecule has 0 bridgehead atoms. The number of nitrogens with zero attached hydrogens (tertiary/aromatic N) is 1. The number of hydrazine groups is 1. The highest BCUT2D eigenvalue weighted by atomic mass is 79.9. The molecule has 0 saturated carbocycles. The molecule has 2 amide bonds. The highest BCUT2D eigenvalue weighted by molar-refractivity contribution is 9.10. The summed E-state index contributed by atoms with van der Waals surface area (Å²) in [6.07, 6.45) is 1.47. The van der Waals surface area contributed by atoms with Gasteiger partial charge in [0, 0.05) is 4.47 Å². The summed E-state index contributed by atoms with van der Waals surface area (Å²) in [6, 6.07) is 7.99. The topological polar surface area (TPSA) is 67.9 Å². The molecular weight excluding hydrogens is 459 g/mol. The molecule has 1 fully saturated rings. The van der Waals surface area contributed by atoms with E-state index < -0.39 is 11.8 Å². The van der Waals surface area contributed by atoms with Gasteiger partial charge in [0.1, 0.15) is 5.57 Å². The van der Waals surface area contributed by atoms with Crippen molar-refractivity contribution in [2.24, 2.45) is 0 Å². The second-order valence-corrected chi connectivity index (χ2v) is 7.14. The van der Waals surface area contributed by atoms with E-state index in [2.05, 4.69) is 21.4 Å². The summed E-state index contributed by atoms with van der Waals surface area (Å²) in [5.41, 5.74) is 3.46. The summed E-state index contributed by atoms with van der Waals surface area (Å²) in [4.78, 5) is 25.1. The molecule has 1 aliphatic rings. The molecule has 0 aromatic heterocycles. The first-order valence-corrected chi connectivity index (χ1v) is 9.14. The minimum Gasteiger partial charge on any atom is -0.493 e. The van der Waals surface area contributed by atoms with Gasteiger partial charge in [-0.3, -0.25) is 15.0 Å². The van der Waals surface area contributed by atoms with Crippen LogP contribution in [0.5, 0.6) is 11.5 Å². The number of carbonyl (C=O) groups is 2. The van der Waals surface area contributed by atoms with Gasteiger partial charge in [-0.05, 0) is 42.0 Å². The number of halogens is 3. The Morgan fingerprint density at radius 1 is 1.04 bits per heavy atom. The lowest BCUT2D eigenvalue weighted by Gasteiger charge is -2.15. The Hall–Kier alpha value is -2.22. The third-order valence-corrected chi connectivity index (χ3v) is 5.28. The van der Waals surface area contributed by atoms with Gasteiger partial charge in [-0.2, -0.15) is 0 Å². The average molecular weight is 472 g/mol. The maximum atomic E-state index is 12.7. The fourth-order valence-corrected chi connectivity index (χ4v) is 3.23. The molecule has 0 aliphatic carbocycles. The lowest BCUT2D eigenvalue weighted by molar-refractivity contribution is -0.117.